The van der Waals surface area contributed by atoms with E-state index in [0.29, 0.717) is 13.0 Å². The normalized spacial score (nSPS) is 11.2. The van der Waals surface area contributed by atoms with E-state index >= 15 is 0 Å². The van der Waals surface area contributed by atoms with Crippen molar-refractivity contribution in [2.45, 2.75) is 71.1 Å². The van der Waals surface area contributed by atoms with E-state index in [1.54, 1.807) is 14.1 Å². The van der Waals surface area contributed by atoms with E-state index in [0.717, 1.165) is 19.3 Å². The Morgan fingerprint density at radius 2 is 1.27 bits per heavy atom. The first-order valence-corrected chi connectivity index (χ1v) is 13.4. The van der Waals surface area contributed by atoms with E-state index in [1.807, 2.05) is 0 Å². The first kappa shape index (κ1) is 34.9. The maximum Gasteiger partial charge on any atom is 0.266 e. The zero-order valence-corrected chi connectivity index (χ0v) is 22.7. The minimum absolute atomic E-state index is 0. The Morgan fingerprint density at radius 3 is 1.63 bits per heavy atom. The molecule has 30 heavy (non-hydrogen) atoms. The summed E-state index contributed by atoms with van der Waals surface area (Å²) in [6, 6.07) is 0. The van der Waals surface area contributed by atoms with Gasteiger partial charge in [0.2, 0.25) is 5.91 Å². The van der Waals surface area contributed by atoms with Crippen LogP contribution in [0.5, 0.6) is 0 Å². The standard InChI is InChI=1S/C15H31NO4S.C3H9NO3S.Na/c1-3-4-5-6-7-8-9-10-11-12-15(17)16(2)13-14-21(18,19)20;1-4-2-3-8(5,6)7;/h3-14H2,1-2H3,(H,18,19,20);4H,2-3H2,1H3,(H,5,6,7);. The summed E-state index contributed by atoms with van der Waals surface area (Å²) in [7, 11) is -4.55. The molecule has 0 saturated carbocycles. The summed E-state index contributed by atoms with van der Waals surface area (Å²) < 4.78 is 57.7. The summed E-state index contributed by atoms with van der Waals surface area (Å²) in [4.78, 5) is 13.1. The van der Waals surface area contributed by atoms with Crippen molar-refractivity contribution in [2.24, 2.45) is 0 Å². The monoisotopic (exact) mass is 483 g/mol. The molecule has 1 amide bonds. The van der Waals surface area contributed by atoms with Crippen molar-refractivity contribution in [1.29, 1.82) is 0 Å². The van der Waals surface area contributed by atoms with Crippen molar-refractivity contribution in [2.75, 3.05) is 38.7 Å². The number of rotatable bonds is 16. The molecule has 0 aliphatic heterocycles. The van der Waals surface area contributed by atoms with Crippen LogP contribution >= 0.6 is 0 Å². The topological polar surface area (TPSA) is 141 Å². The molecule has 0 aromatic carbocycles. The third-order valence-corrected chi connectivity index (χ3v) is 5.63. The number of carbonyl (C=O) groups is 1. The fourth-order valence-corrected chi connectivity index (χ4v) is 3.35. The van der Waals surface area contributed by atoms with Gasteiger partial charge < -0.3 is 10.2 Å². The van der Waals surface area contributed by atoms with Gasteiger partial charge in [0.05, 0.1) is 11.5 Å². The minimum Gasteiger partial charge on any atom is -0.345 e. The predicted molar refractivity (Wildman–Crippen MR) is 122 cm³/mol. The Morgan fingerprint density at radius 1 is 0.833 bits per heavy atom. The number of hydrogen-bond acceptors (Lipinski definition) is 6. The van der Waals surface area contributed by atoms with Gasteiger partial charge in [0.1, 0.15) is 0 Å². The van der Waals surface area contributed by atoms with Gasteiger partial charge in [0, 0.05) is 56.1 Å². The molecule has 0 aliphatic carbocycles. The largest absolute Gasteiger partial charge is 0.345 e. The van der Waals surface area contributed by atoms with E-state index < -0.39 is 26.0 Å². The Balaban J connectivity index is -0.000000686. The molecule has 12 heteroatoms. The molecule has 0 heterocycles. The van der Waals surface area contributed by atoms with Crippen LogP contribution in [0.3, 0.4) is 0 Å². The van der Waals surface area contributed by atoms with Gasteiger partial charge in [-0.3, -0.25) is 13.9 Å². The van der Waals surface area contributed by atoms with Gasteiger partial charge in [-0.05, 0) is 13.5 Å². The minimum atomic E-state index is -3.99. The second-order valence-corrected chi connectivity index (χ2v) is 10.2. The first-order valence-electron chi connectivity index (χ1n) is 10.2. The fourth-order valence-electron chi connectivity index (χ4n) is 2.39. The molecule has 3 N–H and O–H groups in total. The van der Waals surface area contributed by atoms with Crippen LogP contribution in [0.1, 0.15) is 71.1 Å². The van der Waals surface area contributed by atoms with Gasteiger partial charge in [-0.15, -0.1) is 0 Å². The average Bonchev–Trinajstić information content (AvgIpc) is 2.62. The van der Waals surface area contributed by atoms with E-state index in [4.69, 9.17) is 9.11 Å². The number of amides is 1. The molecule has 0 bridgehead atoms. The molecule has 0 atom stereocenters. The summed E-state index contributed by atoms with van der Waals surface area (Å²) in [6.07, 6.45) is 11.3. The zero-order valence-electron chi connectivity index (χ0n) is 19.1. The van der Waals surface area contributed by atoms with E-state index in [2.05, 4.69) is 12.2 Å². The Hall–Kier alpha value is 0.250. The number of carbonyl (C=O) groups excluding carboxylic acids is 1. The molecule has 0 unspecified atom stereocenters. The number of unbranched alkanes of at least 4 members (excludes halogenated alkanes) is 8. The predicted octanol–water partition coefficient (Wildman–Crippen LogP) is 1.97. The second kappa shape index (κ2) is 21.1. The maximum absolute atomic E-state index is 11.7. The smallest absolute Gasteiger partial charge is 0.266 e. The summed E-state index contributed by atoms with van der Waals surface area (Å²) in [5.74, 6) is -0.669. The molecule has 0 fully saturated rings. The fraction of sp³-hybridized carbons (Fsp3) is 0.944. The van der Waals surface area contributed by atoms with E-state index in [1.165, 1.54) is 43.4 Å². The van der Waals surface area contributed by atoms with Crippen LogP contribution in [0, 0.1) is 0 Å². The van der Waals surface area contributed by atoms with Gasteiger partial charge in [-0.2, -0.15) is 16.8 Å². The van der Waals surface area contributed by atoms with E-state index in [9.17, 15) is 21.6 Å². The second-order valence-electron chi connectivity index (χ2n) is 7.07. The summed E-state index contributed by atoms with van der Waals surface area (Å²) in [5, 5.41) is 2.59. The number of nitrogens with zero attached hydrogens (tertiary/aromatic N) is 1. The first-order chi connectivity index (χ1) is 13.4. The molecule has 0 saturated heterocycles. The van der Waals surface area contributed by atoms with Gasteiger partial charge in [-0.25, -0.2) is 0 Å². The summed E-state index contributed by atoms with van der Waals surface area (Å²) in [6.45, 7) is 2.55. The maximum atomic E-state index is 11.7. The molecule has 0 aromatic rings. The number of hydrogen-bond donors (Lipinski definition) is 3. The van der Waals surface area contributed by atoms with Gasteiger partial charge in [0.15, 0.2) is 0 Å². The quantitative estimate of drug-likeness (QED) is 0.172. The van der Waals surface area contributed by atoms with Crippen LogP contribution in [0.15, 0.2) is 0 Å². The van der Waals surface area contributed by atoms with Crippen LogP contribution in [-0.4, -0.2) is 105 Å². The molecule has 0 aliphatic rings. The van der Waals surface area contributed by atoms with Crippen molar-refractivity contribution in [1.82, 2.24) is 10.2 Å². The molecule has 0 aromatic heterocycles. The van der Waals surface area contributed by atoms with Crippen molar-refractivity contribution < 1.29 is 30.7 Å². The molecular formula is C18H40N2NaO7S2. The third-order valence-electron chi connectivity index (χ3n) is 4.21. The van der Waals surface area contributed by atoms with Crippen LogP contribution in [0.25, 0.3) is 0 Å². The third kappa shape index (κ3) is 30.4. The van der Waals surface area contributed by atoms with Crippen LogP contribution in [0.4, 0.5) is 0 Å². The van der Waals surface area contributed by atoms with Gasteiger partial charge in [-0.1, -0.05) is 58.3 Å². The van der Waals surface area contributed by atoms with E-state index in [-0.39, 0.29) is 47.8 Å². The van der Waals surface area contributed by atoms with Crippen LogP contribution < -0.4 is 5.32 Å². The average molecular weight is 484 g/mol. The van der Waals surface area contributed by atoms with Crippen molar-refractivity contribution in [3.63, 3.8) is 0 Å². The van der Waals surface area contributed by atoms with Crippen LogP contribution in [0.2, 0.25) is 0 Å². The van der Waals surface area contributed by atoms with Crippen LogP contribution in [-0.2, 0) is 25.0 Å². The van der Waals surface area contributed by atoms with Gasteiger partial charge in [0.25, 0.3) is 20.2 Å². The molecule has 177 valence electrons. The molecule has 9 nitrogen and oxygen atoms in total. The Labute approximate surface area is 205 Å². The molecule has 1 radical (unpaired) electrons. The zero-order chi connectivity index (χ0) is 22.8. The van der Waals surface area contributed by atoms with Crippen molar-refractivity contribution in [3.05, 3.63) is 0 Å². The Bertz CT molecular complexity index is 614. The molecule has 0 rings (SSSR count). The molecular weight excluding hydrogens is 443 g/mol. The number of nitrogens with one attached hydrogen (secondary N) is 1. The summed E-state index contributed by atoms with van der Waals surface area (Å²) >= 11 is 0. The van der Waals surface area contributed by atoms with Gasteiger partial charge >= 0.3 is 0 Å². The summed E-state index contributed by atoms with van der Waals surface area (Å²) in [5.41, 5.74) is 0. The van der Waals surface area contributed by atoms with Crippen molar-refractivity contribution in [3.8, 4) is 0 Å². The SMILES string of the molecule is CCCCCCCCCCCC(=O)N(C)CCS(=O)(=O)O.CNCCS(=O)(=O)O.[Na]. The molecule has 0 spiro atoms. The Kier molecular flexibility index (Phi) is 24.5. The van der Waals surface area contributed by atoms with Crippen molar-refractivity contribution >= 4 is 55.7 Å².